The number of β-amino-alcohol motifs (C(OH)–C–C–N with tert-alkyl or cyclic N) is 1. The van der Waals surface area contributed by atoms with E-state index in [4.69, 9.17) is 28.3 Å². The number of rotatable bonds is 5. The van der Waals surface area contributed by atoms with Crippen molar-refractivity contribution in [2.24, 2.45) is 0 Å². The van der Waals surface area contributed by atoms with Crippen molar-refractivity contribution >= 4 is 23.2 Å². The third-order valence-corrected chi connectivity index (χ3v) is 4.07. The van der Waals surface area contributed by atoms with E-state index in [9.17, 15) is 13.2 Å². The van der Waals surface area contributed by atoms with Crippen LogP contribution in [-0.2, 0) is 6.42 Å². The Bertz CT molecular complexity index is 585. The molecule has 128 valence electrons. The molecule has 2 rings (SSSR count). The van der Waals surface area contributed by atoms with Gasteiger partial charge in [0.15, 0.2) is 0 Å². The Morgan fingerprint density at radius 3 is 2.30 bits per heavy atom. The molecule has 0 aliphatic carbocycles. The average molecular weight is 369 g/mol. The zero-order valence-electron chi connectivity index (χ0n) is 12.4. The largest absolute Gasteiger partial charge is 0.409 e. The van der Waals surface area contributed by atoms with E-state index in [-0.39, 0.29) is 25.1 Å². The van der Waals surface area contributed by atoms with E-state index in [2.05, 4.69) is 5.43 Å². The van der Waals surface area contributed by atoms with Gasteiger partial charge >= 0.3 is 6.18 Å². The van der Waals surface area contributed by atoms with Crippen molar-refractivity contribution in [3.63, 3.8) is 0 Å². The average Bonchev–Trinajstić information content (AvgIpc) is 2.75. The second kappa shape index (κ2) is 7.30. The van der Waals surface area contributed by atoms with E-state index in [1.807, 2.05) is 0 Å². The highest BCUT2D eigenvalue weighted by atomic mass is 35.5. The number of aliphatic hydroxyl groups is 1. The molecule has 0 saturated heterocycles. The first-order valence-corrected chi connectivity index (χ1v) is 7.89. The summed E-state index contributed by atoms with van der Waals surface area (Å²) in [5.74, 6) is 0. The van der Waals surface area contributed by atoms with Crippen LogP contribution >= 0.6 is 23.2 Å². The van der Waals surface area contributed by atoms with Gasteiger partial charge in [-0.05, 0) is 42.2 Å². The first-order valence-electron chi connectivity index (χ1n) is 7.14. The fourth-order valence-corrected chi connectivity index (χ4v) is 3.34. The van der Waals surface area contributed by atoms with Crippen LogP contribution in [0.1, 0.15) is 18.9 Å². The molecule has 0 amide bonds. The molecule has 1 aliphatic rings. The van der Waals surface area contributed by atoms with E-state index >= 15 is 0 Å². The van der Waals surface area contributed by atoms with Gasteiger partial charge in [-0.1, -0.05) is 30.1 Å². The van der Waals surface area contributed by atoms with Gasteiger partial charge in [0.2, 0.25) is 0 Å². The summed E-state index contributed by atoms with van der Waals surface area (Å²) in [6.45, 7) is 1.30. The number of aliphatic hydroxyl groups excluding tert-OH is 1. The zero-order chi connectivity index (χ0) is 17.2. The summed E-state index contributed by atoms with van der Waals surface area (Å²) in [5.41, 5.74) is 4.12. The van der Waals surface area contributed by atoms with Gasteiger partial charge in [-0.25, -0.2) is 5.01 Å². The second-order valence-corrected chi connectivity index (χ2v) is 6.16. The molecule has 1 heterocycles. The fraction of sp³-hybridized carbons (Fsp3) is 0.467. The monoisotopic (exact) mass is 368 g/mol. The van der Waals surface area contributed by atoms with Crippen LogP contribution in [0.25, 0.3) is 0 Å². The predicted octanol–water partition coefficient (Wildman–Crippen LogP) is 3.94. The molecule has 0 spiro atoms. The van der Waals surface area contributed by atoms with Crippen LogP contribution in [-0.4, -0.2) is 35.5 Å². The van der Waals surface area contributed by atoms with Crippen LogP contribution < -0.4 is 5.43 Å². The maximum atomic E-state index is 13.5. The molecule has 0 saturated carbocycles. The van der Waals surface area contributed by atoms with Gasteiger partial charge in [0.05, 0.1) is 6.61 Å². The first-order chi connectivity index (χ1) is 10.8. The summed E-state index contributed by atoms with van der Waals surface area (Å²) in [7, 11) is 0. The lowest BCUT2D eigenvalue weighted by molar-refractivity contribution is -0.175. The third kappa shape index (κ3) is 4.32. The highest BCUT2D eigenvalue weighted by molar-refractivity contribution is 6.34. The molecule has 1 atom stereocenters. The number of hydrogen-bond donors (Lipinski definition) is 2. The summed E-state index contributed by atoms with van der Waals surface area (Å²) < 4.78 is 40.5. The third-order valence-electron chi connectivity index (χ3n) is 3.63. The van der Waals surface area contributed by atoms with Crippen molar-refractivity contribution in [1.29, 1.82) is 0 Å². The fourth-order valence-electron chi connectivity index (χ4n) is 2.77. The summed E-state index contributed by atoms with van der Waals surface area (Å²) in [5, 5.41) is 10.8. The number of halogens is 5. The molecule has 1 aromatic rings. The molecule has 1 aromatic carbocycles. The van der Waals surface area contributed by atoms with Crippen molar-refractivity contribution < 1.29 is 18.3 Å². The smallest absolute Gasteiger partial charge is 0.395 e. The van der Waals surface area contributed by atoms with Crippen molar-refractivity contribution in [1.82, 2.24) is 10.4 Å². The van der Waals surface area contributed by atoms with Crippen LogP contribution in [0.2, 0.25) is 10.0 Å². The van der Waals surface area contributed by atoms with Crippen LogP contribution in [0.5, 0.6) is 0 Å². The number of alkyl halides is 3. The molecule has 1 unspecified atom stereocenters. The van der Waals surface area contributed by atoms with E-state index < -0.39 is 12.2 Å². The Kier molecular flexibility index (Phi) is 5.84. The zero-order valence-corrected chi connectivity index (χ0v) is 13.9. The van der Waals surface area contributed by atoms with E-state index in [1.165, 1.54) is 6.07 Å². The molecule has 23 heavy (non-hydrogen) atoms. The van der Waals surface area contributed by atoms with Crippen LogP contribution in [0.15, 0.2) is 29.5 Å². The maximum Gasteiger partial charge on any atom is 0.409 e. The molecule has 1 aliphatic heterocycles. The molecule has 0 aromatic heterocycles. The van der Waals surface area contributed by atoms with Gasteiger partial charge in [0.25, 0.3) is 0 Å². The van der Waals surface area contributed by atoms with Gasteiger partial charge in [0.1, 0.15) is 6.04 Å². The van der Waals surface area contributed by atoms with Gasteiger partial charge in [0, 0.05) is 22.3 Å². The molecule has 0 bridgehead atoms. The number of hydrazine groups is 1. The topological polar surface area (TPSA) is 35.5 Å². The SMILES string of the molecule is CCC1=C(Cc2cc(Cl)cc(Cl)c2)C(C(F)(F)F)N(CCO)N1. The Balaban J connectivity index is 2.38. The van der Waals surface area contributed by atoms with Gasteiger partial charge in [-0.2, -0.15) is 13.2 Å². The van der Waals surface area contributed by atoms with Crippen molar-refractivity contribution in [3.8, 4) is 0 Å². The minimum Gasteiger partial charge on any atom is -0.395 e. The second-order valence-electron chi connectivity index (χ2n) is 5.28. The lowest BCUT2D eigenvalue weighted by Gasteiger charge is -2.27. The maximum absolute atomic E-state index is 13.5. The highest BCUT2D eigenvalue weighted by Crippen LogP contribution is 2.37. The van der Waals surface area contributed by atoms with Crippen LogP contribution in [0.4, 0.5) is 13.2 Å². The normalized spacial score (nSPS) is 19.3. The molecule has 0 radical (unpaired) electrons. The molecule has 3 nitrogen and oxygen atoms in total. The highest BCUT2D eigenvalue weighted by Gasteiger charge is 2.49. The first kappa shape index (κ1) is 18.4. The van der Waals surface area contributed by atoms with Crippen molar-refractivity contribution in [2.45, 2.75) is 32.0 Å². The quantitative estimate of drug-likeness (QED) is 0.825. The standard InChI is InChI=1S/C15H17Cl2F3N2O/c1-2-13-12(7-9-5-10(16)8-11(17)6-9)14(15(18,19)20)22(21-13)3-4-23/h5-6,8,14,21,23H,2-4,7H2,1H3. The number of allylic oxidation sites excluding steroid dienone is 1. The Morgan fingerprint density at radius 2 is 1.83 bits per heavy atom. The van der Waals surface area contributed by atoms with Crippen molar-refractivity contribution in [3.05, 3.63) is 45.1 Å². The van der Waals surface area contributed by atoms with Gasteiger partial charge in [-0.3, -0.25) is 0 Å². The molecule has 2 N–H and O–H groups in total. The van der Waals surface area contributed by atoms with Crippen LogP contribution in [0.3, 0.4) is 0 Å². The Hall–Kier alpha value is -0.950. The number of hydrogen-bond acceptors (Lipinski definition) is 3. The lowest BCUT2D eigenvalue weighted by Crippen LogP contribution is -2.49. The molecular weight excluding hydrogens is 352 g/mol. The van der Waals surface area contributed by atoms with Crippen molar-refractivity contribution in [2.75, 3.05) is 13.2 Å². The summed E-state index contributed by atoms with van der Waals surface area (Å²) in [6, 6.07) is 2.97. The Labute approximate surface area is 142 Å². The van der Waals surface area contributed by atoms with Gasteiger partial charge < -0.3 is 10.5 Å². The minimum atomic E-state index is -4.45. The van der Waals surface area contributed by atoms with E-state index in [0.717, 1.165) is 5.01 Å². The van der Waals surface area contributed by atoms with Gasteiger partial charge in [-0.15, -0.1) is 0 Å². The number of benzene rings is 1. The predicted molar refractivity (Wildman–Crippen MR) is 84.3 cm³/mol. The molecular formula is C15H17Cl2F3N2O. The Morgan fingerprint density at radius 1 is 1.22 bits per heavy atom. The van der Waals surface area contributed by atoms with E-state index in [0.29, 0.717) is 27.7 Å². The molecule has 0 fully saturated rings. The molecule has 8 heteroatoms. The summed E-state index contributed by atoms with van der Waals surface area (Å²) in [6.07, 6.45) is -3.93. The van der Waals surface area contributed by atoms with Crippen LogP contribution in [0, 0.1) is 0 Å². The summed E-state index contributed by atoms with van der Waals surface area (Å²) >= 11 is 11.9. The number of nitrogens with one attached hydrogen (secondary N) is 1. The minimum absolute atomic E-state index is 0.0859. The lowest BCUT2D eigenvalue weighted by atomic mass is 9.96. The van der Waals surface area contributed by atoms with E-state index in [1.54, 1.807) is 19.1 Å². The summed E-state index contributed by atoms with van der Waals surface area (Å²) in [4.78, 5) is 0. The number of nitrogens with zero attached hydrogens (tertiary/aromatic N) is 1.